The van der Waals surface area contributed by atoms with Crippen LogP contribution in [0.4, 0.5) is 0 Å². The van der Waals surface area contributed by atoms with E-state index in [1.807, 2.05) is 11.7 Å². The fourth-order valence-electron chi connectivity index (χ4n) is 1.07. The molecule has 0 aliphatic carbocycles. The van der Waals surface area contributed by atoms with Crippen LogP contribution in [0.15, 0.2) is 23.9 Å². The van der Waals surface area contributed by atoms with Gasteiger partial charge in [0.2, 0.25) is 0 Å². The van der Waals surface area contributed by atoms with E-state index in [-0.39, 0.29) is 6.04 Å². The SMILES string of the molecule is C=C(CC)CC(NN)c1cncs1. The van der Waals surface area contributed by atoms with Gasteiger partial charge in [-0.3, -0.25) is 16.3 Å². The van der Waals surface area contributed by atoms with Crippen molar-refractivity contribution in [2.45, 2.75) is 25.8 Å². The Morgan fingerprint density at radius 1 is 1.85 bits per heavy atom. The van der Waals surface area contributed by atoms with Gasteiger partial charge in [0.15, 0.2) is 0 Å². The molecule has 0 aromatic carbocycles. The molecule has 0 aliphatic heterocycles. The summed E-state index contributed by atoms with van der Waals surface area (Å²) in [4.78, 5) is 5.18. The molecule has 1 unspecified atom stereocenters. The van der Waals surface area contributed by atoms with Crippen LogP contribution in [0, 0.1) is 0 Å². The molecule has 0 fully saturated rings. The molecular weight excluding hydrogens is 182 g/mol. The number of nitrogens with one attached hydrogen (secondary N) is 1. The van der Waals surface area contributed by atoms with Crippen molar-refractivity contribution < 1.29 is 0 Å². The van der Waals surface area contributed by atoms with Gasteiger partial charge in [-0.05, 0) is 12.8 Å². The first-order valence-corrected chi connectivity index (χ1v) is 5.17. The number of aromatic nitrogens is 1. The van der Waals surface area contributed by atoms with E-state index in [1.54, 1.807) is 11.3 Å². The molecule has 0 saturated carbocycles. The lowest BCUT2D eigenvalue weighted by Crippen LogP contribution is -2.27. The van der Waals surface area contributed by atoms with E-state index in [4.69, 9.17) is 5.84 Å². The molecule has 0 spiro atoms. The van der Waals surface area contributed by atoms with Crippen molar-refractivity contribution in [1.29, 1.82) is 0 Å². The van der Waals surface area contributed by atoms with Crippen molar-refractivity contribution in [2.24, 2.45) is 5.84 Å². The van der Waals surface area contributed by atoms with E-state index in [0.717, 1.165) is 17.7 Å². The predicted octanol–water partition coefficient (Wildman–Crippen LogP) is 2.00. The van der Waals surface area contributed by atoms with Crippen molar-refractivity contribution in [3.8, 4) is 0 Å². The van der Waals surface area contributed by atoms with E-state index in [0.29, 0.717) is 0 Å². The molecule has 1 rings (SSSR count). The van der Waals surface area contributed by atoms with Gasteiger partial charge in [-0.1, -0.05) is 19.1 Å². The highest BCUT2D eigenvalue weighted by Gasteiger charge is 2.11. The number of hydrazine groups is 1. The maximum Gasteiger partial charge on any atom is 0.0794 e. The normalized spacial score (nSPS) is 12.8. The van der Waals surface area contributed by atoms with Crippen molar-refractivity contribution >= 4 is 11.3 Å². The summed E-state index contributed by atoms with van der Waals surface area (Å²) in [6, 6.07) is 0.167. The summed E-state index contributed by atoms with van der Waals surface area (Å²) in [6.07, 6.45) is 3.73. The van der Waals surface area contributed by atoms with Crippen LogP contribution in [0.1, 0.15) is 30.7 Å². The van der Waals surface area contributed by atoms with Crippen molar-refractivity contribution in [3.05, 3.63) is 28.7 Å². The average molecular weight is 197 g/mol. The Kier molecular flexibility index (Phi) is 4.08. The molecule has 1 atom stereocenters. The lowest BCUT2D eigenvalue weighted by Gasteiger charge is -2.14. The molecule has 0 aliphatic rings. The molecule has 0 radical (unpaired) electrons. The van der Waals surface area contributed by atoms with E-state index in [2.05, 4.69) is 23.9 Å². The quantitative estimate of drug-likeness (QED) is 0.431. The Morgan fingerprint density at radius 2 is 2.62 bits per heavy atom. The lowest BCUT2D eigenvalue weighted by atomic mass is 10.1. The highest BCUT2D eigenvalue weighted by atomic mass is 32.1. The highest BCUT2D eigenvalue weighted by Crippen LogP contribution is 2.23. The van der Waals surface area contributed by atoms with Crippen LogP contribution in [-0.4, -0.2) is 4.98 Å². The highest BCUT2D eigenvalue weighted by molar-refractivity contribution is 7.09. The summed E-state index contributed by atoms with van der Waals surface area (Å²) >= 11 is 1.61. The topological polar surface area (TPSA) is 50.9 Å². The van der Waals surface area contributed by atoms with Gasteiger partial charge in [-0.25, -0.2) is 0 Å². The number of nitrogens with zero attached hydrogens (tertiary/aromatic N) is 1. The third kappa shape index (κ3) is 2.91. The molecule has 0 bridgehead atoms. The molecule has 0 amide bonds. The van der Waals surface area contributed by atoms with Gasteiger partial charge in [0.1, 0.15) is 0 Å². The van der Waals surface area contributed by atoms with Gasteiger partial charge in [0, 0.05) is 11.1 Å². The zero-order valence-electron chi connectivity index (χ0n) is 7.79. The van der Waals surface area contributed by atoms with Crippen LogP contribution in [0.2, 0.25) is 0 Å². The van der Waals surface area contributed by atoms with E-state index in [1.165, 1.54) is 5.57 Å². The fourth-order valence-corrected chi connectivity index (χ4v) is 1.75. The summed E-state index contributed by atoms with van der Waals surface area (Å²) < 4.78 is 0. The van der Waals surface area contributed by atoms with Crippen molar-refractivity contribution in [3.63, 3.8) is 0 Å². The molecule has 1 heterocycles. The zero-order valence-corrected chi connectivity index (χ0v) is 8.60. The number of rotatable bonds is 5. The first-order valence-electron chi connectivity index (χ1n) is 4.29. The fraction of sp³-hybridized carbons (Fsp3) is 0.444. The first kappa shape index (κ1) is 10.4. The van der Waals surface area contributed by atoms with Gasteiger partial charge in [0.05, 0.1) is 11.6 Å². The molecule has 3 N–H and O–H groups in total. The third-order valence-electron chi connectivity index (χ3n) is 1.99. The van der Waals surface area contributed by atoms with Gasteiger partial charge in [-0.2, -0.15) is 0 Å². The van der Waals surface area contributed by atoms with Gasteiger partial charge in [-0.15, -0.1) is 11.3 Å². The lowest BCUT2D eigenvalue weighted by molar-refractivity contribution is 0.552. The summed E-state index contributed by atoms with van der Waals surface area (Å²) in [5.74, 6) is 5.45. The zero-order chi connectivity index (χ0) is 9.68. The molecular formula is C9H15N3S. The van der Waals surface area contributed by atoms with Crippen LogP contribution in [0.3, 0.4) is 0 Å². The second kappa shape index (κ2) is 5.11. The largest absolute Gasteiger partial charge is 0.271 e. The van der Waals surface area contributed by atoms with Crippen LogP contribution in [0.5, 0.6) is 0 Å². The summed E-state index contributed by atoms with van der Waals surface area (Å²) in [5.41, 5.74) is 5.80. The Balaban J connectivity index is 2.58. The Bertz CT molecular complexity index is 256. The number of thiazole rings is 1. The molecule has 72 valence electrons. The summed E-state index contributed by atoms with van der Waals surface area (Å²) in [7, 11) is 0. The maximum absolute atomic E-state index is 5.45. The molecule has 4 heteroatoms. The van der Waals surface area contributed by atoms with Crippen molar-refractivity contribution in [1.82, 2.24) is 10.4 Å². The van der Waals surface area contributed by atoms with Gasteiger partial charge >= 0.3 is 0 Å². The minimum absolute atomic E-state index is 0.167. The van der Waals surface area contributed by atoms with E-state index >= 15 is 0 Å². The molecule has 1 aromatic heterocycles. The Labute approximate surface area is 82.7 Å². The van der Waals surface area contributed by atoms with E-state index in [9.17, 15) is 0 Å². The Hall–Kier alpha value is -0.710. The number of hydrogen-bond acceptors (Lipinski definition) is 4. The van der Waals surface area contributed by atoms with Crippen LogP contribution in [0.25, 0.3) is 0 Å². The monoisotopic (exact) mass is 197 g/mol. The average Bonchev–Trinajstić information content (AvgIpc) is 2.66. The second-order valence-electron chi connectivity index (χ2n) is 2.93. The maximum atomic E-state index is 5.45. The minimum atomic E-state index is 0.167. The van der Waals surface area contributed by atoms with Crippen LogP contribution in [-0.2, 0) is 0 Å². The van der Waals surface area contributed by atoms with Crippen LogP contribution >= 0.6 is 11.3 Å². The van der Waals surface area contributed by atoms with Gasteiger partial charge < -0.3 is 0 Å². The molecule has 3 nitrogen and oxygen atoms in total. The standard InChI is InChI=1S/C9H15N3S/c1-3-7(2)4-8(12-10)9-5-11-6-13-9/h5-6,8,12H,2-4,10H2,1H3. The van der Waals surface area contributed by atoms with Gasteiger partial charge in [0.25, 0.3) is 0 Å². The molecule has 1 aromatic rings. The first-order chi connectivity index (χ1) is 6.27. The van der Waals surface area contributed by atoms with Crippen LogP contribution < -0.4 is 11.3 Å². The molecule has 0 saturated heterocycles. The third-order valence-corrected chi connectivity index (χ3v) is 2.88. The predicted molar refractivity (Wildman–Crippen MR) is 56.2 cm³/mol. The molecule has 13 heavy (non-hydrogen) atoms. The smallest absolute Gasteiger partial charge is 0.0794 e. The minimum Gasteiger partial charge on any atom is -0.271 e. The number of nitrogens with two attached hydrogens (primary N) is 1. The Morgan fingerprint density at radius 3 is 3.08 bits per heavy atom. The van der Waals surface area contributed by atoms with E-state index < -0.39 is 0 Å². The number of hydrogen-bond donors (Lipinski definition) is 2. The van der Waals surface area contributed by atoms with Crippen molar-refractivity contribution in [2.75, 3.05) is 0 Å². The summed E-state index contributed by atoms with van der Waals surface area (Å²) in [5, 5.41) is 0. The second-order valence-corrected chi connectivity index (χ2v) is 3.85. The summed E-state index contributed by atoms with van der Waals surface area (Å²) in [6.45, 7) is 6.06.